The van der Waals surface area contributed by atoms with Crippen molar-refractivity contribution in [2.45, 2.75) is 38.8 Å². The first kappa shape index (κ1) is 12.1. The van der Waals surface area contributed by atoms with E-state index in [2.05, 4.69) is 34.7 Å². The van der Waals surface area contributed by atoms with Crippen LogP contribution in [-0.2, 0) is 6.54 Å². The lowest BCUT2D eigenvalue weighted by Crippen LogP contribution is -2.42. The van der Waals surface area contributed by atoms with Gasteiger partial charge in [0.2, 0.25) is 0 Å². The van der Waals surface area contributed by atoms with Gasteiger partial charge in [0, 0.05) is 17.5 Å². The van der Waals surface area contributed by atoms with Crippen LogP contribution in [0.1, 0.15) is 31.1 Å². The molecule has 1 aromatic rings. The molecule has 2 nitrogen and oxygen atoms in total. The number of hydrogen-bond donors (Lipinski definition) is 1. The van der Waals surface area contributed by atoms with E-state index in [1.807, 2.05) is 11.3 Å². The van der Waals surface area contributed by atoms with Gasteiger partial charge >= 0.3 is 0 Å². The van der Waals surface area contributed by atoms with E-state index in [0.29, 0.717) is 0 Å². The van der Waals surface area contributed by atoms with Gasteiger partial charge in [0.25, 0.3) is 0 Å². The zero-order chi connectivity index (χ0) is 11.2. The molecule has 0 radical (unpaired) electrons. The quantitative estimate of drug-likeness (QED) is 0.848. The van der Waals surface area contributed by atoms with Crippen molar-refractivity contribution in [3.05, 3.63) is 22.4 Å². The predicted octanol–water partition coefficient (Wildman–Crippen LogP) is 2.71. The van der Waals surface area contributed by atoms with Gasteiger partial charge in [-0.15, -0.1) is 11.3 Å². The van der Waals surface area contributed by atoms with E-state index >= 15 is 0 Å². The Morgan fingerprint density at radius 3 is 2.88 bits per heavy atom. The average Bonchev–Trinajstić information content (AvgIpc) is 2.81. The minimum atomic E-state index is 0.763. The van der Waals surface area contributed by atoms with Gasteiger partial charge in [0.05, 0.1) is 0 Å². The van der Waals surface area contributed by atoms with Crippen LogP contribution >= 0.6 is 11.3 Å². The summed E-state index contributed by atoms with van der Waals surface area (Å²) in [5.41, 5.74) is 0. The van der Waals surface area contributed by atoms with Gasteiger partial charge in [-0.2, -0.15) is 0 Å². The monoisotopic (exact) mass is 238 g/mol. The number of piperidine rings is 1. The standard InChI is InChI=1S/C13H22N2S/c1-2-7-14-12-5-8-15(9-6-12)11-13-4-3-10-16-13/h3-4,10,12,14H,2,5-9,11H2,1H3. The number of thiophene rings is 1. The summed E-state index contributed by atoms with van der Waals surface area (Å²) in [6, 6.07) is 5.15. The summed E-state index contributed by atoms with van der Waals surface area (Å²) in [6.07, 6.45) is 3.87. The molecule has 1 aromatic heterocycles. The lowest BCUT2D eigenvalue weighted by atomic mass is 10.0. The maximum atomic E-state index is 3.63. The van der Waals surface area contributed by atoms with Crippen molar-refractivity contribution < 1.29 is 0 Å². The maximum Gasteiger partial charge on any atom is 0.0327 e. The molecule has 3 heteroatoms. The lowest BCUT2D eigenvalue weighted by molar-refractivity contribution is 0.192. The highest BCUT2D eigenvalue weighted by Crippen LogP contribution is 2.16. The van der Waals surface area contributed by atoms with Gasteiger partial charge in [-0.3, -0.25) is 4.90 Å². The Morgan fingerprint density at radius 1 is 1.44 bits per heavy atom. The first-order valence-electron chi connectivity index (χ1n) is 6.36. The van der Waals surface area contributed by atoms with Crippen LogP contribution in [0.3, 0.4) is 0 Å². The Kier molecular flexibility index (Phi) is 4.82. The third-order valence-corrected chi connectivity index (χ3v) is 4.09. The van der Waals surface area contributed by atoms with Crippen LogP contribution in [0.2, 0.25) is 0 Å². The van der Waals surface area contributed by atoms with Gasteiger partial charge in [-0.25, -0.2) is 0 Å². The third-order valence-electron chi connectivity index (χ3n) is 3.23. The summed E-state index contributed by atoms with van der Waals surface area (Å²) in [5.74, 6) is 0. The molecule has 1 saturated heterocycles. The molecule has 0 unspecified atom stereocenters. The van der Waals surface area contributed by atoms with Gasteiger partial charge in [-0.05, 0) is 50.3 Å². The van der Waals surface area contributed by atoms with Crippen molar-refractivity contribution in [1.82, 2.24) is 10.2 Å². The Bertz CT molecular complexity index is 276. The fourth-order valence-corrected chi connectivity index (χ4v) is 3.01. The Hall–Kier alpha value is -0.380. The van der Waals surface area contributed by atoms with Crippen LogP contribution < -0.4 is 5.32 Å². The van der Waals surface area contributed by atoms with Crippen LogP contribution in [0, 0.1) is 0 Å². The minimum Gasteiger partial charge on any atom is -0.314 e. The molecule has 1 N–H and O–H groups in total. The fraction of sp³-hybridized carbons (Fsp3) is 0.692. The van der Waals surface area contributed by atoms with Gasteiger partial charge < -0.3 is 5.32 Å². The van der Waals surface area contributed by atoms with E-state index in [4.69, 9.17) is 0 Å². The topological polar surface area (TPSA) is 15.3 Å². The van der Waals surface area contributed by atoms with Crippen molar-refractivity contribution >= 4 is 11.3 Å². The summed E-state index contributed by atoms with van der Waals surface area (Å²) in [7, 11) is 0. The zero-order valence-corrected chi connectivity index (χ0v) is 10.9. The van der Waals surface area contributed by atoms with Crippen molar-refractivity contribution in [3.63, 3.8) is 0 Å². The second-order valence-corrected chi connectivity index (χ2v) is 5.62. The summed E-state index contributed by atoms with van der Waals surface area (Å²) < 4.78 is 0. The van der Waals surface area contributed by atoms with E-state index in [1.54, 1.807) is 0 Å². The van der Waals surface area contributed by atoms with Crippen LogP contribution in [0.25, 0.3) is 0 Å². The molecule has 0 amide bonds. The Balaban J connectivity index is 1.69. The van der Waals surface area contributed by atoms with Gasteiger partial charge in [0.15, 0.2) is 0 Å². The average molecular weight is 238 g/mol. The third kappa shape index (κ3) is 3.58. The molecule has 1 aliphatic rings. The van der Waals surface area contributed by atoms with E-state index in [1.165, 1.54) is 43.8 Å². The summed E-state index contributed by atoms with van der Waals surface area (Å²) >= 11 is 1.87. The molecule has 0 bridgehead atoms. The fourth-order valence-electron chi connectivity index (χ4n) is 2.27. The van der Waals surface area contributed by atoms with Crippen LogP contribution in [0.15, 0.2) is 17.5 Å². The number of hydrogen-bond acceptors (Lipinski definition) is 3. The molecular formula is C13H22N2S. The second kappa shape index (κ2) is 6.38. The number of nitrogens with zero attached hydrogens (tertiary/aromatic N) is 1. The van der Waals surface area contributed by atoms with Gasteiger partial charge in [-0.1, -0.05) is 13.0 Å². The van der Waals surface area contributed by atoms with Crippen molar-refractivity contribution in [3.8, 4) is 0 Å². The van der Waals surface area contributed by atoms with E-state index < -0.39 is 0 Å². The minimum absolute atomic E-state index is 0.763. The van der Waals surface area contributed by atoms with E-state index in [-0.39, 0.29) is 0 Å². The molecule has 16 heavy (non-hydrogen) atoms. The molecule has 1 aliphatic heterocycles. The summed E-state index contributed by atoms with van der Waals surface area (Å²) in [5, 5.41) is 5.80. The lowest BCUT2D eigenvalue weighted by Gasteiger charge is -2.32. The molecule has 0 spiro atoms. The van der Waals surface area contributed by atoms with Crippen LogP contribution in [0.4, 0.5) is 0 Å². The highest BCUT2D eigenvalue weighted by atomic mass is 32.1. The van der Waals surface area contributed by atoms with Crippen molar-refractivity contribution in [2.75, 3.05) is 19.6 Å². The van der Waals surface area contributed by atoms with Crippen LogP contribution in [0.5, 0.6) is 0 Å². The molecule has 0 aromatic carbocycles. The zero-order valence-electron chi connectivity index (χ0n) is 10.1. The summed E-state index contributed by atoms with van der Waals surface area (Å²) in [4.78, 5) is 4.08. The molecular weight excluding hydrogens is 216 g/mol. The first-order valence-corrected chi connectivity index (χ1v) is 7.24. The smallest absolute Gasteiger partial charge is 0.0327 e. The maximum absolute atomic E-state index is 3.63. The molecule has 2 rings (SSSR count). The largest absolute Gasteiger partial charge is 0.314 e. The van der Waals surface area contributed by atoms with E-state index in [0.717, 1.165) is 12.6 Å². The van der Waals surface area contributed by atoms with Crippen LogP contribution in [-0.4, -0.2) is 30.6 Å². The molecule has 90 valence electrons. The highest BCUT2D eigenvalue weighted by Gasteiger charge is 2.18. The molecule has 0 aliphatic carbocycles. The number of likely N-dealkylation sites (tertiary alicyclic amines) is 1. The van der Waals surface area contributed by atoms with Crippen molar-refractivity contribution in [1.29, 1.82) is 0 Å². The number of nitrogens with one attached hydrogen (secondary N) is 1. The Morgan fingerprint density at radius 2 is 2.25 bits per heavy atom. The first-order chi connectivity index (χ1) is 7.88. The predicted molar refractivity (Wildman–Crippen MR) is 70.9 cm³/mol. The highest BCUT2D eigenvalue weighted by molar-refractivity contribution is 7.09. The molecule has 0 atom stereocenters. The Labute approximate surface area is 103 Å². The van der Waals surface area contributed by atoms with Crippen molar-refractivity contribution in [2.24, 2.45) is 0 Å². The molecule has 2 heterocycles. The molecule has 1 fully saturated rings. The molecule has 0 saturated carbocycles. The summed E-state index contributed by atoms with van der Waals surface area (Å²) in [6.45, 7) is 7.06. The second-order valence-electron chi connectivity index (χ2n) is 4.58. The SMILES string of the molecule is CCCNC1CCN(Cc2cccs2)CC1. The normalized spacial score (nSPS) is 19.1. The van der Waals surface area contributed by atoms with E-state index in [9.17, 15) is 0 Å². The van der Waals surface area contributed by atoms with Gasteiger partial charge in [0.1, 0.15) is 0 Å². The number of rotatable bonds is 5.